The van der Waals surface area contributed by atoms with Crippen molar-refractivity contribution in [2.24, 2.45) is 5.73 Å². The molecule has 0 amide bonds. The van der Waals surface area contributed by atoms with Gasteiger partial charge in [-0.2, -0.15) is 0 Å². The smallest absolute Gasteiger partial charge is 0.0921 e. The molecule has 4 heteroatoms. The van der Waals surface area contributed by atoms with Gasteiger partial charge in [0.2, 0.25) is 0 Å². The van der Waals surface area contributed by atoms with E-state index in [0.29, 0.717) is 12.8 Å². The molecule has 1 aromatic carbocycles. The van der Waals surface area contributed by atoms with Gasteiger partial charge in [0.25, 0.3) is 0 Å². The van der Waals surface area contributed by atoms with Crippen molar-refractivity contribution in [1.29, 1.82) is 0 Å². The van der Waals surface area contributed by atoms with E-state index in [0.717, 1.165) is 12.1 Å². The molecule has 18 heavy (non-hydrogen) atoms. The van der Waals surface area contributed by atoms with E-state index in [1.54, 1.807) is 12.5 Å². The monoisotopic (exact) mass is 245 g/mol. The lowest BCUT2D eigenvalue weighted by Gasteiger charge is -2.18. The topological polar surface area (TPSA) is 74.9 Å². The fraction of sp³-hybridized carbons (Fsp3) is 0.357. The molecule has 4 N–H and O–H groups in total. The maximum atomic E-state index is 10.0. The van der Waals surface area contributed by atoms with Crippen LogP contribution in [0.4, 0.5) is 0 Å². The summed E-state index contributed by atoms with van der Waals surface area (Å²) in [6, 6.07) is 9.87. The lowest BCUT2D eigenvalue weighted by atomic mass is 9.99. The van der Waals surface area contributed by atoms with Gasteiger partial charge in [-0.25, -0.2) is 4.98 Å². The van der Waals surface area contributed by atoms with Gasteiger partial charge >= 0.3 is 0 Å². The largest absolute Gasteiger partial charge is 0.391 e. The molecule has 1 aromatic heterocycles. The lowest BCUT2D eigenvalue weighted by molar-refractivity contribution is 0.134. The summed E-state index contributed by atoms with van der Waals surface area (Å²) in [4.78, 5) is 6.93. The van der Waals surface area contributed by atoms with E-state index >= 15 is 0 Å². The van der Waals surface area contributed by atoms with Gasteiger partial charge in [0.1, 0.15) is 0 Å². The Balaban J connectivity index is 1.79. The van der Waals surface area contributed by atoms with Gasteiger partial charge in [-0.05, 0) is 18.4 Å². The first-order chi connectivity index (χ1) is 8.75. The van der Waals surface area contributed by atoms with Crippen LogP contribution in [0.15, 0.2) is 42.9 Å². The number of rotatable bonds is 6. The second-order valence-corrected chi connectivity index (χ2v) is 4.54. The SMILES string of the molecule is NC(Cc1cnc[nH]1)C(O)CCc1ccccc1. The minimum atomic E-state index is -0.492. The Bertz CT molecular complexity index is 441. The summed E-state index contributed by atoms with van der Waals surface area (Å²) in [6.45, 7) is 0. The molecule has 0 aliphatic heterocycles. The molecule has 2 aromatic rings. The second-order valence-electron chi connectivity index (χ2n) is 4.54. The normalized spacial score (nSPS) is 14.3. The molecule has 1 heterocycles. The number of aromatic nitrogens is 2. The molecule has 2 rings (SSSR count). The highest BCUT2D eigenvalue weighted by Crippen LogP contribution is 2.09. The Labute approximate surface area is 107 Å². The summed E-state index contributed by atoms with van der Waals surface area (Å²) >= 11 is 0. The molecule has 0 radical (unpaired) electrons. The number of imidazole rings is 1. The first-order valence-corrected chi connectivity index (χ1v) is 6.20. The van der Waals surface area contributed by atoms with Crippen molar-refractivity contribution in [2.45, 2.75) is 31.4 Å². The van der Waals surface area contributed by atoms with Crippen LogP contribution >= 0.6 is 0 Å². The zero-order valence-electron chi connectivity index (χ0n) is 10.3. The molecule has 4 nitrogen and oxygen atoms in total. The van der Waals surface area contributed by atoms with Crippen LogP contribution in [0.3, 0.4) is 0 Å². The Morgan fingerprint density at radius 2 is 2.06 bits per heavy atom. The first-order valence-electron chi connectivity index (χ1n) is 6.20. The van der Waals surface area contributed by atoms with Crippen LogP contribution in [0, 0.1) is 0 Å². The van der Waals surface area contributed by atoms with Crippen molar-refractivity contribution in [3.63, 3.8) is 0 Å². The van der Waals surface area contributed by atoms with E-state index in [1.165, 1.54) is 5.56 Å². The van der Waals surface area contributed by atoms with Crippen molar-refractivity contribution in [3.05, 3.63) is 54.1 Å². The van der Waals surface area contributed by atoms with E-state index in [1.807, 2.05) is 18.2 Å². The number of benzene rings is 1. The molecule has 0 fully saturated rings. The van der Waals surface area contributed by atoms with Gasteiger partial charge in [-0.3, -0.25) is 0 Å². The zero-order chi connectivity index (χ0) is 12.8. The maximum absolute atomic E-state index is 10.0. The van der Waals surface area contributed by atoms with Crippen LogP contribution in [0.5, 0.6) is 0 Å². The minimum Gasteiger partial charge on any atom is -0.391 e. The van der Waals surface area contributed by atoms with E-state index in [2.05, 4.69) is 22.1 Å². The predicted octanol–water partition coefficient (Wildman–Crippen LogP) is 1.27. The molecule has 0 aliphatic rings. The number of aromatic amines is 1. The summed E-state index contributed by atoms with van der Waals surface area (Å²) < 4.78 is 0. The summed E-state index contributed by atoms with van der Waals surface area (Å²) in [5.41, 5.74) is 8.16. The van der Waals surface area contributed by atoms with Crippen LogP contribution in [0.2, 0.25) is 0 Å². The van der Waals surface area contributed by atoms with E-state index < -0.39 is 6.10 Å². The number of aryl methyl sites for hydroxylation is 1. The number of nitrogens with two attached hydrogens (primary N) is 1. The number of nitrogens with one attached hydrogen (secondary N) is 1. The van der Waals surface area contributed by atoms with Gasteiger partial charge in [-0.15, -0.1) is 0 Å². The molecule has 2 unspecified atom stereocenters. The maximum Gasteiger partial charge on any atom is 0.0921 e. The quantitative estimate of drug-likeness (QED) is 0.717. The number of hydrogen-bond acceptors (Lipinski definition) is 3. The average molecular weight is 245 g/mol. The number of aliphatic hydroxyl groups excluding tert-OH is 1. The summed E-state index contributed by atoms with van der Waals surface area (Å²) in [6.07, 6.45) is 5.02. The zero-order valence-corrected chi connectivity index (χ0v) is 10.3. The summed E-state index contributed by atoms with van der Waals surface area (Å²) in [5, 5.41) is 10.0. The lowest BCUT2D eigenvalue weighted by Crippen LogP contribution is -2.37. The fourth-order valence-electron chi connectivity index (χ4n) is 1.96. The highest BCUT2D eigenvalue weighted by Gasteiger charge is 2.15. The molecule has 2 atom stereocenters. The third-order valence-corrected chi connectivity index (χ3v) is 3.08. The number of aliphatic hydroxyl groups is 1. The van der Waals surface area contributed by atoms with Crippen LogP contribution in [0.25, 0.3) is 0 Å². The predicted molar refractivity (Wildman–Crippen MR) is 71.0 cm³/mol. The van der Waals surface area contributed by atoms with Crippen molar-refractivity contribution < 1.29 is 5.11 Å². The van der Waals surface area contributed by atoms with Crippen LogP contribution in [-0.4, -0.2) is 27.2 Å². The standard InChI is InChI=1S/C14H19N3O/c15-13(8-12-9-16-10-17-12)14(18)7-6-11-4-2-1-3-5-11/h1-5,9-10,13-14,18H,6-8,15H2,(H,16,17). The highest BCUT2D eigenvalue weighted by atomic mass is 16.3. The second kappa shape index (κ2) is 6.33. The Morgan fingerprint density at radius 1 is 1.28 bits per heavy atom. The van der Waals surface area contributed by atoms with Gasteiger partial charge < -0.3 is 15.8 Å². The third-order valence-electron chi connectivity index (χ3n) is 3.08. The molecule has 0 spiro atoms. The molecular weight excluding hydrogens is 226 g/mol. The number of H-pyrrole nitrogens is 1. The molecule has 96 valence electrons. The van der Waals surface area contributed by atoms with Gasteiger partial charge in [-0.1, -0.05) is 30.3 Å². The number of hydrogen-bond donors (Lipinski definition) is 3. The van der Waals surface area contributed by atoms with Crippen LogP contribution < -0.4 is 5.73 Å². The molecule has 0 aliphatic carbocycles. The Morgan fingerprint density at radius 3 is 2.72 bits per heavy atom. The van der Waals surface area contributed by atoms with Crippen LogP contribution in [0.1, 0.15) is 17.7 Å². The summed E-state index contributed by atoms with van der Waals surface area (Å²) in [7, 11) is 0. The van der Waals surface area contributed by atoms with Crippen molar-refractivity contribution in [2.75, 3.05) is 0 Å². The molecule has 0 saturated heterocycles. The van der Waals surface area contributed by atoms with Gasteiger partial charge in [0.05, 0.1) is 12.4 Å². The van der Waals surface area contributed by atoms with E-state index in [4.69, 9.17) is 5.73 Å². The highest BCUT2D eigenvalue weighted by molar-refractivity contribution is 5.14. The van der Waals surface area contributed by atoms with E-state index in [-0.39, 0.29) is 6.04 Å². The van der Waals surface area contributed by atoms with Crippen molar-refractivity contribution >= 4 is 0 Å². The fourth-order valence-corrected chi connectivity index (χ4v) is 1.96. The molecule has 0 bridgehead atoms. The summed E-state index contributed by atoms with van der Waals surface area (Å²) in [5.74, 6) is 0. The average Bonchev–Trinajstić information content (AvgIpc) is 2.90. The molecular formula is C14H19N3O. The van der Waals surface area contributed by atoms with Crippen molar-refractivity contribution in [3.8, 4) is 0 Å². The van der Waals surface area contributed by atoms with Gasteiger partial charge in [0, 0.05) is 24.4 Å². The van der Waals surface area contributed by atoms with Gasteiger partial charge in [0.15, 0.2) is 0 Å². The van der Waals surface area contributed by atoms with Crippen molar-refractivity contribution in [1.82, 2.24) is 9.97 Å². The van der Waals surface area contributed by atoms with E-state index in [9.17, 15) is 5.11 Å². The Hall–Kier alpha value is -1.65. The number of nitrogens with zero attached hydrogens (tertiary/aromatic N) is 1. The third kappa shape index (κ3) is 3.68. The molecule has 0 saturated carbocycles. The van der Waals surface area contributed by atoms with Crippen LogP contribution in [-0.2, 0) is 12.8 Å². The first kappa shape index (κ1) is 12.8. The Kier molecular flexibility index (Phi) is 4.50. The minimum absolute atomic E-state index is 0.255.